The molecule has 0 aliphatic carbocycles. The zero-order valence-corrected chi connectivity index (χ0v) is 11.6. The molecule has 0 spiro atoms. The first-order valence-corrected chi connectivity index (χ1v) is 7.21. The van der Waals surface area contributed by atoms with Crippen LogP contribution in [0.5, 0.6) is 0 Å². The van der Waals surface area contributed by atoms with Crippen molar-refractivity contribution in [2.24, 2.45) is 0 Å². The lowest BCUT2D eigenvalue weighted by atomic mass is 10.1. The third-order valence-electron chi connectivity index (χ3n) is 2.96. The Bertz CT molecular complexity index is 304. The smallest absolute Gasteiger partial charge is 0.0884 e. The summed E-state index contributed by atoms with van der Waals surface area (Å²) in [5.41, 5.74) is 1.25. The van der Waals surface area contributed by atoms with Crippen molar-refractivity contribution >= 4 is 11.3 Å². The molecule has 1 aromatic rings. The van der Waals surface area contributed by atoms with Crippen molar-refractivity contribution < 1.29 is 5.11 Å². The maximum atomic E-state index is 10.1. The number of hydrogen-bond acceptors (Lipinski definition) is 2. The molecule has 92 valence electrons. The molecule has 1 heterocycles. The minimum absolute atomic E-state index is 0.236. The first-order chi connectivity index (χ1) is 7.65. The predicted molar refractivity (Wildman–Crippen MR) is 72.1 cm³/mol. The van der Waals surface area contributed by atoms with Crippen LogP contribution in [-0.2, 0) is 0 Å². The van der Waals surface area contributed by atoms with Gasteiger partial charge >= 0.3 is 0 Å². The van der Waals surface area contributed by atoms with Crippen LogP contribution in [0.3, 0.4) is 0 Å². The van der Waals surface area contributed by atoms with Gasteiger partial charge in [0.25, 0.3) is 0 Å². The molecular formula is C14H24OS. The lowest BCUT2D eigenvalue weighted by molar-refractivity contribution is 0.166. The van der Waals surface area contributed by atoms with Gasteiger partial charge in [-0.2, -0.15) is 0 Å². The van der Waals surface area contributed by atoms with Crippen molar-refractivity contribution in [3.63, 3.8) is 0 Å². The van der Waals surface area contributed by atoms with Crippen molar-refractivity contribution in [2.45, 2.75) is 65.4 Å². The summed E-state index contributed by atoms with van der Waals surface area (Å²) in [5.74, 6) is 0. The number of unbranched alkanes of at least 4 members (excludes halogenated alkanes) is 4. The fourth-order valence-electron chi connectivity index (χ4n) is 2.06. The van der Waals surface area contributed by atoms with Crippen molar-refractivity contribution in [1.29, 1.82) is 0 Å². The van der Waals surface area contributed by atoms with Gasteiger partial charge in [0.05, 0.1) is 6.10 Å². The zero-order chi connectivity index (χ0) is 12.0. The maximum Gasteiger partial charge on any atom is 0.0884 e. The molecule has 1 unspecified atom stereocenters. The predicted octanol–water partition coefficient (Wildman–Crippen LogP) is 4.76. The summed E-state index contributed by atoms with van der Waals surface area (Å²) in [5, 5.41) is 10.1. The molecule has 1 atom stereocenters. The van der Waals surface area contributed by atoms with Crippen LogP contribution in [0.25, 0.3) is 0 Å². The van der Waals surface area contributed by atoms with Gasteiger partial charge in [-0.1, -0.05) is 39.0 Å². The number of rotatable bonds is 7. The Balaban J connectivity index is 2.29. The van der Waals surface area contributed by atoms with E-state index in [9.17, 15) is 5.11 Å². The third kappa shape index (κ3) is 4.26. The number of aliphatic hydroxyl groups is 1. The van der Waals surface area contributed by atoms with Crippen LogP contribution in [0.4, 0.5) is 0 Å². The molecule has 0 fully saturated rings. The molecule has 0 aromatic carbocycles. The van der Waals surface area contributed by atoms with Crippen molar-refractivity contribution in [3.05, 3.63) is 21.4 Å². The van der Waals surface area contributed by atoms with Crippen molar-refractivity contribution in [3.8, 4) is 0 Å². The third-order valence-corrected chi connectivity index (χ3v) is 4.22. The molecule has 1 nitrogen and oxygen atoms in total. The standard InChI is InChI=1S/C14H24OS/c1-4-5-6-7-8-9-13(15)14-11(2)10-12(3)16-14/h10,13,15H,4-9H2,1-3H3. The average Bonchev–Trinajstić information content (AvgIpc) is 2.57. The Morgan fingerprint density at radius 1 is 1.19 bits per heavy atom. The van der Waals surface area contributed by atoms with E-state index in [0.717, 1.165) is 12.8 Å². The zero-order valence-electron chi connectivity index (χ0n) is 10.8. The number of aliphatic hydroxyl groups excluding tert-OH is 1. The molecule has 1 rings (SSSR count). The van der Waals surface area contributed by atoms with E-state index in [-0.39, 0.29) is 6.10 Å². The minimum atomic E-state index is -0.236. The Hall–Kier alpha value is -0.340. The van der Waals surface area contributed by atoms with Gasteiger partial charge in [-0.3, -0.25) is 0 Å². The van der Waals surface area contributed by atoms with E-state index >= 15 is 0 Å². The minimum Gasteiger partial charge on any atom is -0.388 e. The fourth-order valence-corrected chi connectivity index (χ4v) is 3.12. The second-order valence-electron chi connectivity index (χ2n) is 4.62. The second kappa shape index (κ2) is 7.08. The molecule has 0 aliphatic heterocycles. The van der Waals surface area contributed by atoms with E-state index in [2.05, 4.69) is 26.8 Å². The highest BCUT2D eigenvalue weighted by Gasteiger charge is 2.12. The fraction of sp³-hybridized carbons (Fsp3) is 0.714. The van der Waals surface area contributed by atoms with Crippen LogP contribution >= 0.6 is 11.3 Å². The van der Waals surface area contributed by atoms with Gasteiger partial charge in [0.1, 0.15) is 0 Å². The van der Waals surface area contributed by atoms with Gasteiger partial charge in [-0.25, -0.2) is 0 Å². The van der Waals surface area contributed by atoms with Crippen LogP contribution in [0.2, 0.25) is 0 Å². The molecule has 0 amide bonds. The molecule has 0 aliphatic rings. The average molecular weight is 240 g/mol. The maximum absolute atomic E-state index is 10.1. The molecule has 1 aromatic heterocycles. The molecule has 0 saturated heterocycles. The Labute approximate surface area is 104 Å². The van der Waals surface area contributed by atoms with E-state index in [1.807, 2.05) is 0 Å². The highest BCUT2D eigenvalue weighted by atomic mass is 32.1. The van der Waals surface area contributed by atoms with Gasteiger partial charge in [-0.15, -0.1) is 11.3 Å². The summed E-state index contributed by atoms with van der Waals surface area (Å²) >= 11 is 1.74. The summed E-state index contributed by atoms with van der Waals surface area (Å²) in [6.07, 6.45) is 7.02. The first kappa shape index (κ1) is 13.7. The number of thiophene rings is 1. The molecule has 0 bridgehead atoms. The van der Waals surface area contributed by atoms with Crippen LogP contribution in [0, 0.1) is 13.8 Å². The van der Waals surface area contributed by atoms with E-state index in [0.29, 0.717) is 0 Å². The van der Waals surface area contributed by atoms with E-state index in [1.165, 1.54) is 41.0 Å². The van der Waals surface area contributed by atoms with Crippen LogP contribution in [0.1, 0.15) is 66.9 Å². The van der Waals surface area contributed by atoms with Crippen LogP contribution in [-0.4, -0.2) is 5.11 Å². The summed E-state index contributed by atoms with van der Waals surface area (Å²) in [6, 6.07) is 2.17. The van der Waals surface area contributed by atoms with Crippen LogP contribution < -0.4 is 0 Å². The lowest BCUT2D eigenvalue weighted by Gasteiger charge is -2.09. The number of aryl methyl sites for hydroxylation is 2. The van der Waals surface area contributed by atoms with Crippen LogP contribution in [0.15, 0.2) is 6.07 Å². The molecular weight excluding hydrogens is 216 g/mol. The molecule has 2 heteroatoms. The number of hydrogen-bond donors (Lipinski definition) is 1. The highest BCUT2D eigenvalue weighted by Crippen LogP contribution is 2.30. The monoisotopic (exact) mass is 240 g/mol. The van der Waals surface area contributed by atoms with Gasteiger partial charge in [-0.05, 0) is 31.9 Å². The van der Waals surface area contributed by atoms with E-state index in [4.69, 9.17) is 0 Å². The lowest BCUT2D eigenvalue weighted by Crippen LogP contribution is -1.96. The second-order valence-corrected chi connectivity index (χ2v) is 5.91. The summed E-state index contributed by atoms with van der Waals surface area (Å²) in [6.45, 7) is 6.43. The summed E-state index contributed by atoms with van der Waals surface area (Å²) in [4.78, 5) is 2.48. The van der Waals surface area contributed by atoms with E-state index in [1.54, 1.807) is 11.3 Å². The summed E-state index contributed by atoms with van der Waals surface area (Å²) < 4.78 is 0. The Morgan fingerprint density at radius 2 is 1.88 bits per heavy atom. The Morgan fingerprint density at radius 3 is 2.44 bits per heavy atom. The van der Waals surface area contributed by atoms with Gasteiger partial charge < -0.3 is 5.11 Å². The largest absolute Gasteiger partial charge is 0.388 e. The van der Waals surface area contributed by atoms with Crippen molar-refractivity contribution in [2.75, 3.05) is 0 Å². The molecule has 0 saturated carbocycles. The first-order valence-electron chi connectivity index (χ1n) is 6.40. The summed E-state index contributed by atoms with van der Waals surface area (Å²) in [7, 11) is 0. The van der Waals surface area contributed by atoms with Gasteiger partial charge in [0.2, 0.25) is 0 Å². The van der Waals surface area contributed by atoms with Crippen molar-refractivity contribution in [1.82, 2.24) is 0 Å². The van der Waals surface area contributed by atoms with Gasteiger partial charge in [0, 0.05) is 9.75 Å². The van der Waals surface area contributed by atoms with E-state index < -0.39 is 0 Å². The molecule has 16 heavy (non-hydrogen) atoms. The van der Waals surface area contributed by atoms with Gasteiger partial charge in [0.15, 0.2) is 0 Å². The quantitative estimate of drug-likeness (QED) is 0.681. The SMILES string of the molecule is CCCCCCCC(O)c1sc(C)cc1C. The normalized spacial score (nSPS) is 13.0. The molecule has 1 N–H and O–H groups in total. The molecule has 0 radical (unpaired) electrons. The highest BCUT2D eigenvalue weighted by molar-refractivity contribution is 7.12. The Kier molecular flexibility index (Phi) is 6.07. The topological polar surface area (TPSA) is 20.2 Å².